The Morgan fingerprint density at radius 2 is 1.72 bits per heavy atom. The molecule has 2 unspecified atom stereocenters. The van der Waals surface area contributed by atoms with Gasteiger partial charge in [-0.2, -0.15) is 0 Å². The van der Waals surface area contributed by atoms with Crippen LogP contribution in [0.2, 0.25) is 0 Å². The van der Waals surface area contributed by atoms with Gasteiger partial charge >= 0.3 is 12.0 Å². The van der Waals surface area contributed by atoms with Gasteiger partial charge in [-0.15, -0.1) is 0 Å². The van der Waals surface area contributed by atoms with E-state index < -0.39 is 5.97 Å². The highest BCUT2D eigenvalue weighted by Crippen LogP contribution is 2.05. The second-order valence-electron chi connectivity index (χ2n) is 5.23. The number of amides is 2. The third-order valence-electron chi connectivity index (χ3n) is 2.53. The minimum Gasteiger partial charge on any atom is -0.481 e. The number of nitrogens with zero attached hydrogens (tertiary/aromatic N) is 1. The smallest absolute Gasteiger partial charge is 0.315 e. The topological polar surface area (TPSA) is 81.7 Å². The summed E-state index contributed by atoms with van der Waals surface area (Å²) in [7, 11) is 3.86. The zero-order valence-electron chi connectivity index (χ0n) is 11.9. The molecule has 3 N–H and O–H groups in total. The average molecular weight is 259 g/mol. The van der Waals surface area contributed by atoms with Crippen molar-refractivity contribution in [2.45, 2.75) is 39.3 Å². The van der Waals surface area contributed by atoms with Crippen molar-refractivity contribution in [1.82, 2.24) is 15.5 Å². The molecule has 0 fully saturated rings. The van der Waals surface area contributed by atoms with Crippen LogP contribution in [0.3, 0.4) is 0 Å². The van der Waals surface area contributed by atoms with Crippen molar-refractivity contribution in [2.24, 2.45) is 5.92 Å². The van der Waals surface area contributed by atoms with Crippen LogP contribution < -0.4 is 10.6 Å². The molecular weight excluding hydrogens is 234 g/mol. The van der Waals surface area contributed by atoms with Gasteiger partial charge in [-0.25, -0.2) is 4.79 Å². The van der Waals surface area contributed by atoms with Crippen molar-refractivity contribution in [3.05, 3.63) is 0 Å². The van der Waals surface area contributed by atoms with Gasteiger partial charge < -0.3 is 20.6 Å². The van der Waals surface area contributed by atoms with Crippen molar-refractivity contribution < 1.29 is 14.7 Å². The quantitative estimate of drug-likeness (QED) is 0.629. The van der Waals surface area contributed by atoms with Gasteiger partial charge in [0.25, 0.3) is 0 Å². The molecule has 0 saturated carbocycles. The maximum Gasteiger partial charge on any atom is 0.315 e. The first-order chi connectivity index (χ1) is 8.22. The predicted octanol–water partition coefficient (Wildman–Crippen LogP) is 0.735. The highest BCUT2D eigenvalue weighted by atomic mass is 16.4. The van der Waals surface area contributed by atoms with Gasteiger partial charge in [-0.05, 0) is 26.9 Å². The van der Waals surface area contributed by atoms with Crippen LogP contribution in [-0.4, -0.2) is 54.7 Å². The first kappa shape index (κ1) is 16.7. The summed E-state index contributed by atoms with van der Waals surface area (Å²) >= 11 is 0. The molecule has 106 valence electrons. The van der Waals surface area contributed by atoms with E-state index in [0.717, 1.165) is 6.54 Å². The fourth-order valence-corrected chi connectivity index (χ4v) is 1.67. The average Bonchev–Trinajstić information content (AvgIpc) is 2.13. The Labute approximate surface area is 109 Å². The van der Waals surface area contributed by atoms with Crippen LogP contribution >= 0.6 is 0 Å². The van der Waals surface area contributed by atoms with E-state index in [2.05, 4.69) is 10.6 Å². The maximum atomic E-state index is 11.7. The van der Waals surface area contributed by atoms with E-state index in [4.69, 9.17) is 5.11 Å². The molecule has 0 aromatic carbocycles. The maximum absolute atomic E-state index is 11.7. The number of urea groups is 1. The molecular formula is C12H25N3O3. The Morgan fingerprint density at radius 1 is 1.17 bits per heavy atom. The summed E-state index contributed by atoms with van der Waals surface area (Å²) in [4.78, 5) is 24.4. The van der Waals surface area contributed by atoms with E-state index >= 15 is 0 Å². The van der Waals surface area contributed by atoms with Gasteiger partial charge in [-0.3, -0.25) is 4.79 Å². The predicted molar refractivity (Wildman–Crippen MR) is 70.6 cm³/mol. The summed E-state index contributed by atoms with van der Waals surface area (Å²) in [6.07, 6.45) is -0.0624. The van der Waals surface area contributed by atoms with Crippen LogP contribution in [0.15, 0.2) is 0 Å². The number of carbonyl (C=O) groups is 2. The number of hydrogen-bond donors (Lipinski definition) is 3. The number of aliphatic carboxylic acids is 1. The summed E-state index contributed by atoms with van der Waals surface area (Å²) in [5.74, 6) is -0.827. The number of carbonyl (C=O) groups excluding carboxylic acids is 1. The molecule has 0 aromatic heterocycles. The summed E-state index contributed by atoms with van der Waals surface area (Å²) < 4.78 is 0. The zero-order chi connectivity index (χ0) is 14.3. The molecule has 0 aliphatic rings. The molecule has 0 heterocycles. The molecule has 0 spiro atoms. The highest BCUT2D eigenvalue weighted by molar-refractivity contribution is 5.76. The number of rotatable bonds is 7. The highest BCUT2D eigenvalue weighted by Gasteiger charge is 2.20. The summed E-state index contributed by atoms with van der Waals surface area (Å²) in [6, 6.07) is -0.656. The summed E-state index contributed by atoms with van der Waals surface area (Å²) in [5, 5.41) is 14.3. The molecule has 0 rings (SSSR count). The third-order valence-corrected chi connectivity index (χ3v) is 2.53. The minimum absolute atomic E-state index is 0.0117. The van der Waals surface area contributed by atoms with E-state index in [1.165, 1.54) is 0 Å². The lowest BCUT2D eigenvalue weighted by molar-refractivity contribution is -0.137. The molecule has 6 heteroatoms. The number of likely N-dealkylation sites (N-methyl/N-ethyl adjacent to an activating group) is 1. The zero-order valence-corrected chi connectivity index (χ0v) is 11.9. The van der Waals surface area contributed by atoms with Crippen LogP contribution in [-0.2, 0) is 4.79 Å². The normalized spacial score (nSPS) is 14.4. The number of nitrogens with one attached hydrogen (secondary N) is 2. The van der Waals surface area contributed by atoms with Crippen molar-refractivity contribution in [1.29, 1.82) is 0 Å². The Balaban J connectivity index is 4.21. The van der Waals surface area contributed by atoms with Crippen molar-refractivity contribution >= 4 is 12.0 Å². The van der Waals surface area contributed by atoms with E-state index in [-0.39, 0.29) is 30.5 Å². The van der Waals surface area contributed by atoms with Crippen LogP contribution in [0.1, 0.15) is 27.2 Å². The monoisotopic (exact) mass is 259 g/mol. The Kier molecular flexibility index (Phi) is 7.35. The van der Waals surface area contributed by atoms with E-state index in [0.29, 0.717) is 0 Å². The fraction of sp³-hybridized carbons (Fsp3) is 0.833. The number of hydrogen-bond acceptors (Lipinski definition) is 3. The molecule has 0 aliphatic carbocycles. The van der Waals surface area contributed by atoms with Crippen molar-refractivity contribution in [3.8, 4) is 0 Å². The lowest BCUT2D eigenvalue weighted by atomic mass is 10.0. The number of carboxylic acid groups (broad SMARTS) is 1. The van der Waals surface area contributed by atoms with Crippen LogP contribution in [0.5, 0.6) is 0 Å². The van der Waals surface area contributed by atoms with Crippen molar-refractivity contribution in [2.75, 3.05) is 20.6 Å². The summed E-state index contributed by atoms with van der Waals surface area (Å²) in [6.45, 7) is 6.41. The molecule has 0 saturated heterocycles. The summed E-state index contributed by atoms with van der Waals surface area (Å²) in [5.41, 5.74) is 0. The first-order valence-corrected chi connectivity index (χ1v) is 6.16. The molecule has 0 radical (unpaired) electrons. The molecule has 0 aliphatic heterocycles. The van der Waals surface area contributed by atoms with Gasteiger partial charge in [0.15, 0.2) is 0 Å². The lowest BCUT2D eigenvalue weighted by Gasteiger charge is -2.23. The van der Waals surface area contributed by atoms with Crippen molar-refractivity contribution in [3.63, 3.8) is 0 Å². The van der Waals surface area contributed by atoms with Crippen LogP contribution in [0.4, 0.5) is 4.79 Å². The van der Waals surface area contributed by atoms with Crippen LogP contribution in [0.25, 0.3) is 0 Å². The van der Waals surface area contributed by atoms with E-state index in [1.54, 1.807) is 0 Å². The largest absolute Gasteiger partial charge is 0.481 e. The molecule has 0 aromatic rings. The standard InChI is InChI=1S/C12H25N3O3/c1-8(2)10(6-11(16)17)14-12(18)13-9(3)7-15(4)5/h8-10H,6-7H2,1-5H3,(H,16,17)(H2,13,14,18). The van der Waals surface area contributed by atoms with Gasteiger partial charge in [-0.1, -0.05) is 13.8 Å². The molecule has 18 heavy (non-hydrogen) atoms. The SMILES string of the molecule is CC(CN(C)C)NC(=O)NC(CC(=O)O)C(C)C. The second kappa shape index (κ2) is 7.92. The molecule has 2 amide bonds. The molecule has 6 nitrogen and oxygen atoms in total. The Bertz CT molecular complexity index is 280. The van der Waals surface area contributed by atoms with Gasteiger partial charge in [0.1, 0.15) is 0 Å². The Hall–Kier alpha value is -1.30. The second-order valence-corrected chi connectivity index (χ2v) is 5.23. The first-order valence-electron chi connectivity index (χ1n) is 6.16. The van der Waals surface area contributed by atoms with Gasteiger partial charge in [0.2, 0.25) is 0 Å². The molecule has 0 bridgehead atoms. The lowest BCUT2D eigenvalue weighted by Crippen LogP contribution is -2.49. The minimum atomic E-state index is -0.907. The Morgan fingerprint density at radius 3 is 2.11 bits per heavy atom. The van der Waals surface area contributed by atoms with E-state index in [9.17, 15) is 9.59 Å². The molecule has 2 atom stereocenters. The van der Waals surface area contributed by atoms with Gasteiger partial charge in [0.05, 0.1) is 6.42 Å². The van der Waals surface area contributed by atoms with E-state index in [1.807, 2.05) is 39.8 Å². The third kappa shape index (κ3) is 7.89. The fourth-order valence-electron chi connectivity index (χ4n) is 1.67. The van der Waals surface area contributed by atoms with Gasteiger partial charge in [0, 0.05) is 18.6 Å². The van der Waals surface area contributed by atoms with Crippen LogP contribution in [0, 0.1) is 5.92 Å². The number of carboxylic acids is 1.